The van der Waals surface area contributed by atoms with Crippen LogP contribution in [0, 0.1) is 6.92 Å². The van der Waals surface area contributed by atoms with Gasteiger partial charge in [0.2, 0.25) is 5.78 Å². The minimum Gasteiger partial charge on any atom is -0.311 e. The monoisotopic (exact) mass is 267 g/mol. The molecule has 4 heteroatoms. The fourth-order valence-electron chi connectivity index (χ4n) is 2.75. The van der Waals surface area contributed by atoms with Crippen molar-refractivity contribution in [1.82, 2.24) is 14.0 Å². The molecule has 0 bridgehead atoms. The summed E-state index contributed by atoms with van der Waals surface area (Å²) in [6.45, 7) is 8.43. The normalized spacial score (nSPS) is 11.3. The summed E-state index contributed by atoms with van der Waals surface area (Å²) < 4.78 is 3.76. The predicted molar refractivity (Wildman–Crippen MR) is 81.3 cm³/mol. The summed E-state index contributed by atoms with van der Waals surface area (Å²) in [6, 6.07) is 7.73. The molecule has 0 aliphatic heterocycles. The van der Waals surface area contributed by atoms with Gasteiger partial charge in [-0.15, -0.1) is 6.58 Å². The van der Waals surface area contributed by atoms with Gasteiger partial charge < -0.3 is 4.57 Å². The van der Waals surface area contributed by atoms with Crippen molar-refractivity contribution in [3.8, 4) is 0 Å². The van der Waals surface area contributed by atoms with E-state index in [0.29, 0.717) is 18.7 Å². The van der Waals surface area contributed by atoms with Crippen molar-refractivity contribution in [2.75, 3.05) is 0 Å². The predicted octanol–water partition coefficient (Wildman–Crippen LogP) is 2.71. The van der Waals surface area contributed by atoms with Gasteiger partial charge in [-0.3, -0.25) is 4.79 Å². The summed E-state index contributed by atoms with van der Waals surface area (Å²) in [5.41, 5.74) is 3.55. The van der Waals surface area contributed by atoms with E-state index in [0.717, 1.165) is 22.3 Å². The molecule has 2 aromatic heterocycles. The largest absolute Gasteiger partial charge is 0.311 e. The third kappa shape index (κ3) is 1.61. The minimum absolute atomic E-state index is 0.0361. The fraction of sp³-hybridized carbons (Fsp3) is 0.250. The average Bonchev–Trinajstić information content (AvgIpc) is 2.83. The van der Waals surface area contributed by atoms with E-state index in [1.54, 1.807) is 4.40 Å². The van der Waals surface area contributed by atoms with Crippen molar-refractivity contribution >= 4 is 16.8 Å². The summed E-state index contributed by atoms with van der Waals surface area (Å²) in [5.74, 6) is 0.686. The van der Waals surface area contributed by atoms with Crippen LogP contribution >= 0.6 is 0 Å². The highest BCUT2D eigenvalue weighted by Gasteiger charge is 2.16. The molecule has 0 radical (unpaired) electrons. The van der Waals surface area contributed by atoms with Gasteiger partial charge in [-0.2, -0.15) is 0 Å². The number of benzene rings is 1. The van der Waals surface area contributed by atoms with Crippen LogP contribution in [0.3, 0.4) is 0 Å². The minimum atomic E-state index is 0.0361. The Balaban J connectivity index is 2.59. The third-order valence-corrected chi connectivity index (χ3v) is 3.75. The van der Waals surface area contributed by atoms with Crippen molar-refractivity contribution in [2.45, 2.75) is 26.8 Å². The molecule has 3 aromatic rings. The Morgan fingerprint density at radius 1 is 1.35 bits per heavy atom. The topological polar surface area (TPSA) is 39.3 Å². The number of para-hydroxylation sites is 2. The Bertz CT molecular complexity index is 871. The Hall–Kier alpha value is -2.36. The maximum Gasteiger partial charge on any atom is 0.262 e. The van der Waals surface area contributed by atoms with Crippen molar-refractivity contribution in [3.05, 3.63) is 58.5 Å². The summed E-state index contributed by atoms with van der Waals surface area (Å²) in [7, 11) is 0. The molecule has 0 N–H and O–H groups in total. The molecule has 0 amide bonds. The van der Waals surface area contributed by atoms with Crippen LogP contribution in [0.2, 0.25) is 0 Å². The fourth-order valence-corrected chi connectivity index (χ4v) is 2.75. The zero-order valence-corrected chi connectivity index (χ0v) is 11.8. The maximum absolute atomic E-state index is 12.7. The van der Waals surface area contributed by atoms with Gasteiger partial charge in [-0.25, -0.2) is 9.38 Å². The van der Waals surface area contributed by atoms with E-state index >= 15 is 0 Å². The molecule has 0 saturated carbocycles. The van der Waals surface area contributed by atoms with Crippen molar-refractivity contribution in [3.63, 3.8) is 0 Å². The van der Waals surface area contributed by atoms with Gasteiger partial charge in [0.1, 0.15) is 0 Å². The van der Waals surface area contributed by atoms with Gasteiger partial charge in [-0.05, 0) is 25.5 Å². The number of allylic oxidation sites excluding steroid dienone is 1. The van der Waals surface area contributed by atoms with E-state index in [1.807, 2.05) is 48.8 Å². The number of fused-ring (bicyclic) bond motifs is 3. The lowest BCUT2D eigenvalue weighted by molar-refractivity contribution is 0.749. The van der Waals surface area contributed by atoms with Gasteiger partial charge >= 0.3 is 0 Å². The van der Waals surface area contributed by atoms with Gasteiger partial charge in [0, 0.05) is 17.8 Å². The van der Waals surface area contributed by atoms with E-state index in [9.17, 15) is 4.79 Å². The lowest BCUT2D eigenvalue weighted by atomic mass is 10.2. The first-order valence-electron chi connectivity index (χ1n) is 6.79. The van der Waals surface area contributed by atoms with Gasteiger partial charge in [0.05, 0.1) is 11.0 Å². The van der Waals surface area contributed by atoms with Crippen LogP contribution in [0.1, 0.15) is 18.2 Å². The molecule has 1 aromatic carbocycles. The summed E-state index contributed by atoms with van der Waals surface area (Å²) in [6.07, 6.45) is 2.54. The number of hydrogen-bond donors (Lipinski definition) is 0. The molecule has 2 heterocycles. The molecular weight excluding hydrogens is 250 g/mol. The van der Waals surface area contributed by atoms with Crippen LogP contribution in [0.15, 0.2) is 41.7 Å². The molecule has 0 aliphatic carbocycles. The molecule has 0 aliphatic rings. The van der Waals surface area contributed by atoms with Crippen LogP contribution in [0.4, 0.5) is 0 Å². The lowest BCUT2D eigenvalue weighted by Crippen LogP contribution is -2.24. The zero-order valence-electron chi connectivity index (χ0n) is 11.8. The Morgan fingerprint density at radius 3 is 2.80 bits per heavy atom. The standard InChI is InChI=1S/C16H17N3O/c1-4-10-18-11(3)12(5-2)15(20)19-14-9-7-6-8-13(14)17-16(18)19/h4,6-9H,1,5,10H2,2-3H3. The molecule has 0 fully saturated rings. The summed E-state index contributed by atoms with van der Waals surface area (Å²) in [4.78, 5) is 17.3. The first-order chi connectivity index (χ1) is 9.69. The number of aromatic nitrogens is 3. The quantitative estimate of drug-likeness (QED) is 0.684. The smallest absolute Gasteiger partial charge is 0.262 e. The van der Waals surface area contributed by atoms with E-state index in [4.69, 9.17) is 0 Å². The SMILES string of the molecule is C=CCn1c(C)c(CC)c(=O)n2c3ccccc3nc12. The van der Waals surface area contributed by atoms with E-state index < -0.39 is 0 Å². The van der Waals surface area contributed by atoms with Crippen molar-refractivity contribution < 1.29 is 0 Å². The highest BCUT2D eigenvalue weighted by atomic mass is 16.1. The highest BCUT2D eigenvalue weighted by Crippen LogP contribution is 2.17. The second-order valence-electron chi connectivity index (χ2n) is 4.86. The van der Waals surface area contributed by atoms with Crippen molar-refractivity contribution in [2.24, 2.45) is 0 Å². The zero-order chi connectivity index (χ0) is 14.3. The third-order valence-electron chi connectivity index (χ3n) is 3.75. The molecule has 20 heavy (non-hydrogen) atoms. The van der Waals surface area contributed by atoms with Crippen LogP contribution in [-0.4, -0.2) is 14.0 Å². The van der Waals surface area contributed by atoms with Crippen LogP contribution in [0.25, 0.3) is 16.8 Å². The van der Waals surface area contributed by atoms with Crippen LogP contribution in [0.5, 0.6) is 0 Å². The number of nitrogens with zero attached hydrogens (tertiary/aromatic N) is 3. The van der Waals surface area contributed by atoms with E-state index in [2.05, 4.69) is 11.6 Å². The number of rotatable bonds is 3. The summed E-state index contributed by atoms with van der Waals surface area (Å²) >= 11 is 0. The maximum atomic E-state index is 12.7. The second-order valence-corrected chi connectivity index (χ2v) is 4.86. The lowest BCUT2D eigenvalue weighted by Gasteiger charge is -2.13. The first kappa shape index (κ1) is 12.7. The van der Waals surface area contributed by atoms with Crippen LogP contribution < -0.4 is 5.56 Å². The number of hydrogen-bond acceptors (Lipinski definition) is 2. The molecular formula is C16H17N3O. The molecule has 0 saturated heterocycles. The van der Waals surface area contributed by atoms with Crippen molar-refractivity contribution in [1.29, 1.82) is 0 Å². The molecule has 0 atom stereocenters. The van der Waals surface area contributed by atoms with E-state index in [1.165, 1.54) is 0 Å². The van der Waals surface area contributed by atoms with Gasteiger partial charge in [-0.1, -0.05) is 25.1 Å². The van der Waals surface area contributed by atoms with Gasteiger partial charge in [0.15, 0.2) is 0 Å². The molecule has 4 nitrogen and oxygen atoms in total. The Morgan fingerprint density at radius 2 is 2.10 bits per heavy atom. The molecule has 0 spiro atoms. The van der Waals surface area contributed by atoms with Gasteiger partial charge in [0.25, 0.3) is 5.56 Å². The molecule has 0 unspecified atom stereocenters. The molecule has 102 valence electrons. The Labute approximate surface area is 117 Å². The first-order valence-corrected chi connectivity index (χ1v) is 6.79. The summed E-state index contributed by atoms with van der Waals surface area (Å²) in [5, 5.41) is 0. The van der Waals surface area contributed by atoms with E-state index in [-0.39, 0.29) is 5.56 Å². The highest BCUT2D eigenvalue weighted by molar-refractivity contribution is 5.79. The number of imidazole rings is 1. The molecule has 3 rings (SSSR count). The second kappa shape index (κ2) is 4.63. The van der Waals surface area contributed by atoms with Crippen LogP contribution in [-0.2, 0) is 13.0 Å². The average molecular weight is 267 g/mol. The Kier molecular flexibility index (Phi) is 2.93.